The van der Waals surface area contributed by atoms with Crippen LogP contribution in [0.15, 0.2) is 48.5 Å². The number of ether oxygens (including phenoxy) is 2. The number of carboxylic acid groups (broad SMARTS) is 1. The van der Waals surface area contributed by atoms with Gasteiger partial charge in [-0.1, -0.05) is 18.2 Å². The second kappa shape index (κ2) is 6.56. The van der Waals surface area contributed by atoms with Crippen molar-refractivity contribution < 1.29 is 24.2 Å². The van der Waals surface area contributed by atoms with E-state index in [-0.39, 0.29) is 17.7 Å². The summed E-state index contributed by atoms with van der Waals surface area (Å²) in [6.45, 7) is 0. The van der Waals surface area contributed by atoms with Gasteiger partial charge < -0.3 is 14.6 Å². The molecule has 0 aliphatic heterocycles. The molecule has 0 saturated carbocycles. The van der Waals surface area contributed by atoms with E-state index in [2.05, 4.69) is 0 Å². The van der Waals surface area contributed by atoms with Gasteiger partial charge in [0.2, 0.25) is 0 Å². The Kier molecular flexibility index (Phi) is 4.56. The lowest BCUT2D eigenvalue weighted by Gasteiger charge is -2.06. The predicted octanol–water partition coefficient (Wildman–Crippen LogP) is 2.54. The van der Waals surface area contributed by atoms with E-state index in [4.69, 9.17) is 14.6 Å². The molecule has 0 aliphatic rings. The molecular weight excluding hydrogens is 272 g/mol. The summed E-state index contributed by atoms with van der Waals surface area (Å²) in [6.07, 6.45) is 0.0985. The number of carbonyl (C=O) groups excluding carboxylic acids is 1. The Morgan fingerprint density at radius 1 is 1.05 bits per heavy atom. The smallest absolute Gasteiger partial charge is 0.335 e. The highest BCUT2D eigenvalue weighted by atomic mass is 16.5. The van der Waals surface area contributed by atoms with E-state index in [1.54, 1.807) is 37.4 Å². The van der Waals surface area contributed by atoms with Crippen LogP contribution in [-0.4, -0.2) is 24.2 Å². The van der Waals surface area contributed by atoms with Crippen LogP contribution < -0.4 is 9.47 Å². The number of hydrogen-bond acceptors (Lipinski definition) is 4. The molecule has 0 saturated heterocycles. The fraction of sp³-hybridized carbons (Fsp3) is 0.125. The number of benzene rings is 2. The first-order valence-corrected chi connectivity index (χ1v) is 6.25. The summed E-state index contributed by atoms with van der Waals surface area (Å²) in [5, 5.41) is 8.88. The van der Waals surface area contributed by atoms with Gasteiger partial charge in [0.15, 0.2) is 0 Å². The second-order valence-electron chi connectivity index (χ2n) is 4.33. The lowest BCUT2D eigenvalue weighted by Crippen LogP contribution is -2.11. The lowest BCUT2D eigenvalue weighted by atomic mass is 10.1. The summed E-state index contributed by atoms with van der Waals surface area (Å²) in [7, 11) is 1.57. The quantitative estimate of drug-likeness (QED) is 0.675. The topological polar surface area (TPSA) is 72.8 Å². The van der Waals surface area contributed by atoms with Crippen molar-refractivity contribution in [2.75, 3.05) is 7.11 Å². The minimum atomic E-state index is -1.07. The second-order valence-corrected chi connectivity index (χ2v) is 4.33. The van der Waals surface area contributed by atoms with Crippen molar-refractivity contribution in [3.8, 4) is 11.5 Å². The highest BCUT2D eigenvalue weighted by Gasteiger charge is 2.09. The maximum atomic E-state index is 11.8. The average Bonchev–Trinajstić information content (AvgIpc) is 2.48. The van der Waals surface area contributed by atoms with Crippen LogP contribution in [0.2, 0.25) is 0 Å². The van der Waals surface area contributed by atoms with Crippen molar-refractivity contribution >= 4 is 11.9 Å². The van der Waals surface area contributed by atoms with Crippen LogP contribution >= 0.6 is 0 Å². The fourth-order valence-electron chi connectivity index (χ4n) is 1.77. The van der Waals surface area contributed by atoms with Crippen molar-refractivity contribution in [2.24, 2.45) is 0 Å². The number of rotatable bonds is 5. The Balaban J connectivity index is 2.00. The SMILES string of the molecule is COc1ccc(CC(=O)Oc2cccc(C(=O)O)c2)cc1. The number of aromatic carboxylic acids is 1. The molecule has 0 aromatic heterocycles. The molecule has 2 rings (SSSR count). The van der Waals surface area contributed by atoms with Gasteiger partial charge in [0, 0.05) is 0 Å². The summed E-state index contributed by atoms with van der Waals surface area (Å²) in [5.41, 5.74) is 0.861. The van der Waals surface area contributed by atoms with Crippen LogP contribution in [0.4, 0.5) is 0 Å². The maximum Gasteiger partial charge on any atom is 0.335 e. The van der Waals surface area contributed by atoms with Crippen molar-refractivity contribution in [1.29, 1.82) is 0 Å². The Morgan fingerprint density at radius 3 is 2.38 bits per heavy atom. The lowest BCUT2D eigenvalue weighted by molar-refractivity contribution is -0.133. The third kappa shape index (κ3) is 4.07. The van der Waals surface area contributed by atoms with Crippen LogP contribution in [0, 0.1) is 0 Å². The molecule has 0 atom stereocenters. The maximum absolute atomic E-state index is 11.8. The number of carboxylic acids is 1. The van der Waals surface area contributed by atoms with E-state index < -0.39 is 11.9 Å². The summed E-state index contributed by atoms with van der Waals surface area (Å²) in [5.74, 6) is -0.597. The standard InChI is InChI=1S/C16H14O5/c1-20-13-7-5-11(6-8-13)9-15(17)21-14-4-2-3-12(10-14)16(18)19/h2-8,10H,9H2,1H3,(H,18,19). The van der Waals surface area contributed by atoms with Gasteiger partial charge in [-0.3, -0.25) is 4.79 Å². The molecule has 0 unspecified atom stereocenters. The molecule has 0 radical (unpaired) electrons. The Labute approximate surface area is 121 Å². The van der Waals surface area contributed by atoms with Crippen molar-refractivity contribution in [3.05, 3.63) is 59.7 Å². The first kappa shape index (κ1) is 14.6. The molecule has 0 bridgehead atoms. The highest BCUT2D eigenvalue weighted by molar-refractivity contribution is 5.88. The largest absolute Gasteiger partial charge is 0.497 e. The summed E-state index contributed by atoms with van der Waals surface area (Å²) in [6, 6.07) is 12.9. The molecule has 0 aliphatic carbocycles. The van der Waals surface area contributed by atoms with E-state index in [0.29, 0.717) is 5.75 Å². The minimum Gasteiger partial charge on any atom is -0.497 e. The Morgan fingerprint density at radius 2 is 1.76 bits per heavy atom. The van der Waals surface area contributed by atoms with E-state index in [1.165, 1.54) is 18.2 Å². The number of hydrogen-bond donors (Lipinski definition) is 1. The molecule has 5 heteroatoms. The monoisotopic (exact) mass is 286 g/mol. The van der Waals surface area contributed by atoms with Gasteiger partial charge in [-0.25, -0.2) is 4.79 Å². The molecule has 0 spiro atoms. The molecule has 21 heavy (non-hydrogen) atoms. The molecule has 0 fully saturated rings. The zero-order chi connectivity index (χ0) is 15.2. The van der Waals surface area contributed by atoms with Gasteiger partial charge in [-0.05, 0) is 35.9 Å². The van der Waals surface area contributed by atoms with Gasteiger partial charge in [0.05, 0.1) is 19.1 Å². The normalized spacial score (nSPS) is 9.95. The first-order valence-electron chi connectivity index (χ1n) is 6.25. The van der Waals surface area contributed by atoms with Crippen molar-refractivity contribution in [1.82, 2.24) is 0 Å². The molecular formula is C16H14O5. The molecule has 0 amide bonds. The van der Waals surface area contributed by atoms with Crippen LogP contribution in [0.5, 0.6) is 11.5 Å². The Bertz CT molecular complexity index is 646. The summed E-state index contributed by atoms with van der Waals surface area (Å²) in [4.78, 5) is 22.7. The van der Waals surface area contributed by atoms with Crippen LogP contribution in [0.1, 0.15) is 15.9 Å². The summed E-state index contributed by atoms with van der Waals surface area (Å²) < 4.78 is 10.2. The third-order valence-electron chi connectivity index (χ3n) is 2.82. The van der Waals surface area contributed by atoms with Gasteiger partial charge in [-0.15, -0.1) is 0 Å². The average molecular weight is 286 g/mol. The van der Waals surface area contributed by atoms with Gasteiger partial charge in [0.25, 0.3) is 0 Å². The minimum absolute atomic E-state index is 0.0738. The zero-order valence-electron chi connectivity index (χ0n) is 11.4. The van der Waals surface area contributed by atoms with Gasteiger partial charge in [0.1, 0.15) is 11.5 Å². The number of carbonyl (C=O) groups is 2. The van der Waals surface area contributed by atoms with Crippen LogP contribution in [0.25, 0.3) is 0 Å². The molecule has 1 N–H and O–H groups in total. The number of esters is 1. The zero-order valence-corrected chi connectivity index (χ0v) is 11.4. The van der Waals surface area contributed by atoms with Crippen LogP contribution in [-0.2, 0) is 11.2 Å². The van der Waals surface area contributed by atoms with E-state index in [0.717, 1.165) is 5.56 Å². The fourth-order valence-corrected chi connectivity index (χ4v) is 1.77. The van der Waals surface area contributed by atoms with E-state index >= 15 is 0 Å². The summed E-state index contributed by atoms with van der Waals surface area (Å²) >= 11 is 0. The van der Waals surface area contributed by atoms with Gasteiger partial charge in [-0.2, -0.15) is 0 Å². The van der Waals surface area contributed by atoms with Crippen LogP contribution in [0.3, 0.4) is 0 Å². The van der Waals surface area contributed by atoms with Crippen molar-refractivity contribution in [2.45, 2.75) is 6.42 Å². The van der Waals surface area contributed by atoms with E-state index in [1.807, 2.05) is 0 Å². The third-order valence-corrected chi connectivity index (χ3v) is 2.82. The molecule has 2 aromatic rings. The molecule has 2 aromatic carbocycles. The molecule has 5 nitrogen and oxygen atoms in total. The highest BCUT2D eigenvalue weighted by Crippen LogP contribution is 2.16. The van der Waals surface area contributed by atoms with Crippen molar-refractivity contribution in [3.63, 3.8) is 0 Å². The predicted molar refractivity (Wildman–Crippen MR) is 75.7 cm³/mol. The Hall–Kier alpha value is -2.82. The number of methoxy groups -OCH3 is 1. The molecule has 108 valence electrons. The first-order chi connectivity index (χ1) is 10.1. The van der Waals surface area contributed by atoms with Gasteiger partial charge >= 0.3 is 11.9 Å². The molecule has 0 heterocycles. The van der Waals surface area contributed by atoms with E-state index in [9.17, 15) is 9.59 Å².